The van der Waals surface area contributed by atoms with E-state index >= 15 is 0 Å². The molecule has 0 unspecified atom stereocenters. The predicted molar refractivity (Wildman–Crippen MR) is 125 cm³/mol. The van der Waals surface area contributed by atoms with Crippen LogP contribution in [-0.2, 0) is 4.79 Å². The van der Waals surface area contributed by atoms with Crippen molar-refractivity contribution in [1.29, 1.82) is 0 Å². The summed E-state index contributed by atoms with van der Waals surface area (Å²) in [5.74, 6) is 0.574. The fourth-order valence-corrected chi connectivity index (χ4v) is 2.91. The van der Waals surface area contributed by atoms with Crippen molar-refractivity contribution in [2.75, 3.05) is 6.61 Å². The van der Waals surface area contributed by atoms with Gasteiger partial charge < -0.3 is 9.84 Å². The lowest BCUT2D eigenvalue weighted by Crippen LogP contribution is -2.25. The molecule has 3 aromatic carbocycles. The van der Waals surface area contributed by atoms with E-state index in [0.29, 0.717) is 17.0 Å². The van der Waals surface area contributed by atoms with Crippen LogP contribution in [-0.4, -0.2) is 23.8 Å². The van der Waals surface area contributed by atoms with Gasteiger partial charge in [0.25, 0.3) is 5.91 Å². The van der Waals surface area contributed by atoms with Crippen molar-refractivity contribution in [2.24, 2.45) is 15.3 Å². The molecule has 3 rings (SSSR count). The number of rotatable bonds is 8. The molecule has 164 valence electrons. The van der Waals surface area contributed by atoms with E-state index in [0.717, 1.165) is 16.8 Å². The third kappa shape index (κ3) is 6.50. The van der Waals surface area contributed by atoms with Crippen molar-refractivity contribution < 1.29 is 14.6 Å². The van der Waals surface area contributed by atoms with E-state index in [4.69, 9.17) is 4.74 Å². The summed E-state index contributed by atoms with van der Waals surface area (Å²) in [6.07, 6.45) is 1.35. The molecule has 1 amide bonds. The Morgan fingerprint density at radius 3 is 2.53 bits per heavy atom. The molecule has 0 aliphatic carbocycles. The van der Waals surface area contributed by atoms with Crippen molar-refractivity contribution in [1.82, 2.24) is 5.43 Å². The number of benzene rings is 3. The lowest BCUT2D eigenvalue weighted by Gasteiger charge is -2.14. The Morgan fingerprint density at radius 1 is 1.03 bits per heavy atom. The maximum Gasteiger partial charge on any atom is 0.277 e. The van der Waals surface area contributed by atoms with E-state index in [2.05, 4.69) is 34.6 Å². The average Bonchev–Trinajstić information content (AvgIpc) is 2.78. The minimum Gasteiger partial charge on any atom is -0.507 e. The molecule has 0 aromatic heterocycles. The number of amides is 1. The maximum absolute atomic E-state index is 12.1. The zero-order chi connectivity index (χ0) is 22.9. The largest absolute Gasteiger partial charge is 0.507 e. The Labute approximate surface area is 187 Å². The van der Waals surface area contributed by atoms with Gasteiger partial charge in [-0.2, -0.15) is 15.3 Å². The highest BCUT2D eigenvalue weighted by molar-refractivity contribution is 5.86. The SMILES string of the molecule is Cc1ccc(C(C)C)c(OCC(=O)N/N=C/c2cc(N=Nc3ccccc3)ccc2O)c1. The topological polar surface area (TPSA) is 95.6 Å². The summed E-state index contributed by atoms with van der Waals surface area (Å²) in [6, 6.07) is 20.0. The van der Waals surface area contributed by atoms with E-state index in [9.17, 15) is 9.90 Å². The molecule has 0 fully saturated rings. The van der Waals surface area contributed by atoms with Crippen LogP contribution in [0.1, 0.15) is 36.5 Å². The molecule has 0 aliphatic rings. The number of carbonyl (C=O) groups excluding carboxylic acids is 1. The van der Waals surface area contributed by atoms with Crippen LogP contribution >= 0.6 is 0 Å². The van der Waals surface area contributed by atoms with Crippen LogP contribution in [0.5, 0.6) is 11.5 Å². The Kier molecular flexibility index (Phi) is 7.70. The smallest absolute Gasteiger partial charge is 0.277 e. The fourth-order valence-electron chi connectivity index (χ4n) is 2.91. The zero-order valence-corrected chi connectivity index (χ0v) is 18.3. The summed E-state index contributed by atoms with van der Waals surface area (Å²) >= 11 is 0. The minimum atomic E-state index is -0.406. The van der Waals surface area contributed by atoms with Crippen LogP contribution in [0.15, 0.2) is 82.1 Å². The van der Waals surface area contributed by atoms with Gasteiger partial charge in [-0.3, -0.25) is 4.79 Å². The van der Waals surface area contributed by atoms with Crippen molar-refractivity contribution in [3.05, 3.63) is 83.4 Å². The van der Waals surface area contributed by atoms with Crippen molar-refractivity contribution >= 4 is 23.5 Å². The molecule has 3 aromatic rings. The number of nitrogens with one attached hydrogen (secondary N) is 1. The third-order valence-electron chi connectivity index (χ3n) is 4.59. The van der Waals surface area contributed by atoms with E-state index in [1.807, 2.05) is 55.5 Å². The Hall–Kier alpha value is -4.00. The fraction of sp³-hybridized carbons (Fsp3) is 0.200. The van der Waals surface area contributed by atoms with E-state index in [1.165, 1.54) is 12.3 Å². The van der Waals surface area contributed by atoms with Crippen molar-refractivity contribution in [2.45, 2.75) is 26.7 Å². The van der Waals surface area contributed by atoms with Gasteiger partial charge in [0, 0.05) is 5.56 Å². The molecule has 7 heteroatoms. The van der Waals surface area contributed by atoms with Gasteiger partial charge in [-0.05, 0) is 60.4 Å². The molecular formula is C25H26N4O3. The molecule has 32 heavy (non-hydrogen) atoms. The molecule has 0 spiro atoms. The number of azo groups is 1. The summed E-state index contributed by atoms with van der Waals surface area (Å²) in [7, 11) is 0. The third-order valence-corrected chi connectivity index (χ3v) is 4.59. The van der Waals surface area contributed by atoms with Crippen LogP contribution in [0, 0.1) is 6.92 Å². The standard InChI is InChI=1S/C25H26N4O3/c1-17(2)22-11-9-18(3)13-24(22)32-16-25(31)29-26-15-19-14-21(10-12-23(19)30)28-27-20-7-5-4-6-8-20/h4-15,17,30H,16H2,1-3H3,(H,29,31)/b26-15+,28-27?. The monoisotopic (exact) mass is 430 g/mol. The van der Waals surface area contributed by atoms with Gasteiger partial charge in [0.05, 0.1) is 17.6 Å². The van der Waals surface area contributed by atoms with Gasteiger partial charge in [-0.25, -0.2) is 5.43 Å². The van der Waals surface area contributed by atoms with Gasteiger partial charge in [-0.15, -0.1) is 0 Å². The second-order valence-corrected chi connectivity index (χ2v) is 7.56. The van der Waals surface area contributed by atoms with Crippen LogP contribution in [0.25, 0.3) is 0 Å². The first-order valence-electron chi connectivity index (χ1n) is 10.3. The molecule has 0 aliphatic heterocycles. The predicted octanol–water partition coefficient (Wildman–Crippen LogP) is 5.77. The van der Waals surface area contributed by atoms with Crippen LogP contribution in [0.4, 0.5) is 11.4 Å². The molecule has 0 heterocycles. The number of aromatic hydroxyl groups is 1. The van der Waals surface area contributed by atoms with Crippen LogP contribution in [0.2, 0.25) is 0 Å². The number of ether oxygens (including phenoxy) is 1. The number of hydrogen-bond donors (Lipinski definition) is 2. The number of aryl methyl sites for hydroxylation is 1. The Balaban J connectivity index is 1.59. The van der Waals surface area contributed by atoms with E-state index in [1.54, 1.807) is 12.1 Å². The molecule has 0 saturated carbocycles. The lowest BCUT2D eigenvalue weighted by molar-refractivity contribution is -0.123. The second-order valence-electron chi connectivity index (χ2n) is 7.56. The van der Waals surface area contributed by atoms with E-state index in [-0.39, 0.29) is 18.3 Å². The molecule has 0 bridgehead atoms. The quantitative estimate of drug-likeness (QED) is 0.270. The number of phenolic OH excluding ortho intramolecular Hbond substituents is 1. The van der Waals surface area contributed by atoms with Gasteiger partial charge in [0.1, 0.15) is 11.5 Å². The first-order chi connectivity index (χ1) is 15.4. The van der Waals surface area contributed by atoms with Gasteiger partial charge in [0.15, 0.2) is 6.61 Å². The number of carbonyl (C=O) groups is 1. The summed E-state index contributed by atoms with van der Waals surface area (Å²) in [5.41, 5.74) is 6.17. The second kappa shape index (κ2) is 10.9. The van der Waals surface area contributed by atoms with Crippen LogP contribution in [0.3, 0.4) is 0 Å². The molecule has 7 nitrogen and oxygen atoms in total. The van der Waals surface area contributed by atoms with Crippen molar-refractivity contribution in [3.63, 3.8) is 0 Å². The first-order valence-corrected chi connectivity index (χ1v) is 10.3. The lowest BCUT2D eigenvalue weighted by atomic mass is 10.0. The molecular weight excluding hydrogens is 404 g/mol. The maximum atomic E-state index is 12.1. The zero-order valence-electron chi connectivity index (χ0n) is 18.3. The molecule has 0 atom stereocenters. The van der Waals surface area contributed by atoms with Crippen molar-refractivity contribution in [3.8, 4) is 11.5 Å². The summed E-state index contributed by atoms with van der Waals surface area (Å²) in [5, 5.41) is 22.3. The number of phenols is 1. The highest BCUT2D eigenvalue weighted by Crippen LogP contribution is 2.27. The van der Waals surface area contributed by atoms with E-state index < -0.39 is 5.91 Å². The number of nitrogens with zero attached hydrogens (tertiary/aromatic N) is 3. The highest BCUT2D eigenvalue weighted by atomic mass is 16.5. The molecule has 0 radical (unpaired) electrons. The normalized spacial score (nSPS) is 11.4. The van der Waals surface area contributed by atoms with Crippen LogP contribution < -0.4 is 10.2 Å². The summed E-state index contributed by atoms with van der Waals surface area (Å²) in [6.45, 7) is 5.95. The van der Waals surface area contributed by atoms with Gasteiger partial charge >= 0.3 is 0 Å². The minimum absolute atomic E-state index is 0.0132. The number of hydrazone groups is 1. The van der Waals surface area contributed by atoms with Gasteiger partial charge in [-0.1, -0.05) is 44.2 Å². The first kappa shape index (κ1) is 22.7. The summed E-state index contributed by atoms with van der Waals surface area (Å²) in [4.78, 5) is 12.1. The molecule has 2 N–H and O–H groups in total. The highest BCUT2D eigenvalue weighted by Gasteiger charge is 2.10. The Morgan fingerprint density at radius 2 is 1.78 bits per heavy atom. The average molecular weight is 431 g/mol. The Bertz CT molecular complexity index is 1130. The number of hydrogen-bond acceptors (Lipinski definition) is 6. The molecule has 0 saturated heterocycles. The van der Waals surface area contributed by atoms with Gasteiger partial charge in [0.2, 0.25) is 0 Å². The summed E-state index contributed by atoms with van der Waals surface area (Å²) < 4.78 is 5.70.